The van der Waals surface area contributed by atoms with E-state index in [9.17, 15) is 19.5 Å². The SMILES string of the molecule is C[C@H](NC(=O)[C@@H]1CCCN1C(C)(C)C)C(=O)N[C@@H](CCCNC(=N)N)C(=O)O. The van der Waals surface area contributed by atoms with E-state index < -0.39 is 24.0 Å². The first-order chi connectivity index (χ1) is 12.9. The zero-order valence-electron chi connectivity index (χ0n) is 17.2. The van der Waals surface area contributed by atoms with Gasteiger partial charge in [0.15, 0.2) is 5.96 Å². The predicted molar refractivity (Wildman–Crippen MR) is 106 cm³/mol. The average molecular weight is 399 g/mol. The Morgan fingerprint density at radius 3 is 2.46 bits per heavy atom. The lowest BCUT2D eigenvalue weighted by Gasteiger charge is -2.36. The van der Waals surface area contributed by atoms with Gasteiger partial charge in [-0.15, -0.1) is 0 Å². The molecule has 1 fully saturated rings. The lowest BCUT2D eigenvalue weighted by atomic mass is 10.0. The summed E-state index contributed by atoms with van der Waals surface area (Å²) in [5.41, 5.74) is 5.02. The topological polar surface area (TPSA) is 161 Å². The summed E-state index contributed by atoms with van der Waals surface area (Å²) in [7, 11) is 0. The highest BCUT2D eigenvalue weighted by Crippen LogP contribution is 2.26. The highest BCUT2D eigenvalue weighted by Gasteiger charge is 2.38. The van der Waals surface area contributed by atoms with Crippen molar-refractivity contribution in [3.8, 4) is 0 Å². The minimum absolute atomic E-state index is 0.147. The van der Waals surface area contributed by atoms with E-state index in [1.54, 1.807) is 6.92 Å². The van der Waals surface area contributed by atoms with Crippen LogP contribution in [0.3, 0.4) is 0 Å². The Balaban J connectivity index is 2.56. The summed E-state index contributed by atoms with van der Waals surface area (Å²) < 4.78 is 0. The Morgan fingerprint density at radius 1 is 1.29 bits per heavy atom. The van der Waals surface area contributed by atoms with Gasteiger partial charge in [0.1, 0.15) is 12.1 Å². The van der Waals surface area contributed by atoms with Crippen molar-refractivity contribution < 1.29 is 19.5 Å². The molecular weight excluding hydrogens is 364 g/mol. The molecule has 7 N–H and O–H groups in total. The lowest BCUT2D eigenvalue weighted by molar-refractivity contribution is -0.142. The molecule has 0 aromatic carbocycles. The number of aliphatic carboxylic acids is 1. The highest BCUT2D eigenvalue weighted by molar-refractivity contribution is 5.91. The molecule has 1 aliphatic heterocycles. The van der Waals surface area contributed by atoms with Crippen molar-refractivity contribution in [1.29, 1.82) is 5.41 Å². The first-order valence-corrected chi connectivity index (χ1v) is 9.61. The fraction of sp³-hybridized carbons (Fsp3) is 0.778. The number of amides is 2. The number of carboxylic acid groups (broad SMARTS) is 1. The summed E-state index contributed by atoms with van der Waals surface area (Å²) in [6.45, 7) is 8.86. The number of nitrogens with one attached hydrogen (secondary N) is 4. The number of nitrogens with two attached hydrogens (primary N) is 1. The van der Waals surface area contributed by atoms with Gasteiger partial charge in [-0.25, -0.2) is 4.79 Å². The Labute approximate surface area is 166 Å². The first kappa shape index (κ1) is 23.7. The third-order valence-corrected chi connectivity index (χ3v) is 4.77. The molecule has 0 aromatic rings. The van der Waals surface area contributed by atoms with Crippen molar-refractivity contribution >= 4 is 23.7 Å². The lowest BCUT2D eigenvalue weighted by Crippen LogP contribution is -2.56. The molecule has 10 nitrogen and oxygen atoms in total. The maximum atomic E-state index is 12.6. The molecule has 0 radical (unpaired) electrons. The van der Waals surface area contributed by atoms with Gasteiger partial charge >= 0.3 is 5.97 Å². The van der Waals surface area contributed by atoms with Crippen molar-refractivity contribution in [2.75, 3.05) is 13.1 Å². The molecule has 0 spiro atoms. The largest absolute Gasteiger partial charge is 0.480 e. The molecule has 160 valence electrons. The molecule has 1 saturated heterocycles. The Bertz CT molecular complexity index is 589. The second-order valence-corrected chi connectivity index (χ2v) is 8.13. The minimum Gasteiger partial charge on any atom is -0.480 e. The Hall–Kier alpha value is -2.36. The fourth-order valence-corrected chi connectivity index (χ4v) is 3.30. The molecule has 0 aliphatic carbocycles. The van der Waals surface area contributed by atoms with Crippen LogP contribution in [0.5, 0.6) is 0 Å². The van der Waals surface area contributed by atoms with Crippen molar-refractivity contribution in [1.82, 2.24) is 20.9 Å². The van der Waals surface area contributed by atoms with E-state index in [0.29, 0.717) is 13.0 Å². The van der Waals surface area contributed by atoms with Crippen LogP contribution in [0.2, 0.25) is 0 Å². The van der Waals surface area contributed by atoms with E-state index >= 15 is 0 Å². The summed E-state index contributed by atoms with van der Waals surface area (Å²) in [6.07, 6.45) is 2.26. The molecule has 0 aromatic heterocycles. The molecule has 28 heavy (non-hydrogen) atoms. The smallest absolute Gasteiger partial charge is 0.326 e. The molecule has 0 bridgehead atoms. The van der Waals surface area contributed by atoms with Crippen molar-refractivity contribution in [2.45, 2.75) is 77.0 Å². The average Bonchev–Trinajstić information content (AvgIpc) is 3.07. The van der Waals surface area contributed by atoms with Gasteiger partial charge in [-0.3, -0.25) is 19.9 Å². The summed E-state index contributed by atoms with van der Waals surface area (Å²) in [4.78, 5) is 38.5. The van der Waals surface area contributed by atoms with E-state index in [1.807, 2.05) is 20.8 Å². The number of likely N-dealkylation sites (tertiary alicyclic amines) is 1. The van der Waals surface area contributed by atoms with Crippen LogP contribution >= 0.6 is 0 Å². The summed E-state index contributed by atoms with van der Waals surface area (Å²) >= 11 is 0. The van der Waals surface area contributed by atoms with E-state index in [0.717, 1.165) is 19.4 Å². The fourth-order valence-electron chi connectivity index (χ4n) is 3.30. The standard InChI is InChI=1S/C18H34N6O4/c1-11(22-15(26)13-8-6-10-24(13)18(2,3)4)14(25)23-12(16(27)28)7-5-9-21-17(19)20/h11-13H,5-10H2,1-4H3,(H,22,26)(H,23,25)(H,27,28)(H4,19,20,21)/t11-,12-,13-/m0/s1. The van der Waals surface area contributed by atoms with Crippen LogP contribution in [0, 0.1) is 5.41 Å². The van der Waals surface area contributed by atoms with Gasteiger partial charge in [0.2, 0.25) is 11.8 Å². The summed E-state index contributed by atoms with van der Waals surface area (Å²) in [5, 5.41) is 24.1. The van der Waals surface area contributed by atoms with Crippen molar-refractivity contribution in [3.63, 3.8) is 0 Å². The minimum atomic E-state index is -1.15. The van der Waals surface area contributed by atoms with Gasteiger partial charge in [0.05, 0.1) is 6.04 Å². The molecule has 1 rings (SSSR count). The molecule has 10 heteroatoms. The maximum Gasteiger partial charge on any atom is 0.326 e. The number of carbonyl (C=O) groups excluding carboxylic acids is 2. The third-order valence-electron chi connectivity index (χ3n) is 4.77. The Morgan fingerprint density at radius 2 is 1.93 bits per heavy atom. The van der Waals surface area contributed by atoms with E-state index in [1.165, 1.54) is 0 Å². The number of rotatable bonds is 9. The second kappa shape index (κ2) is 10.3. The quantitative estimate of drug-likeness (QED) is 0.175. The van der Waals surface area contributed by atoms with E-state index in [2.05, 4.69) is 20.9 Å². The predicted octanol–water partition coefficient (Wildman–Crippen LogP) is -0.413. The van der Waals surface area contributed by atoms with E-state index in [-0.39, 0.29) is 29.9 Å². The molecule has 1 heterocycles. The second-order valence-electron chi connectivity index (χ2n) is 8.13. The van der Waals surface area contributed by atoms with Crippen LogP contribution in [-0.4, -0.2) is 70.5 Å². The highest BCUT2D eigenvalue weighted by atomic mass is 16.4. The molecule has 0 unspecified atom stereocenters. The van der Waals surface area contributed by atoms with Crippen molar-refractivity contribution in [2.24, 2.45) is 5.73 Å². The third kappa shape index (κ3) is 7.34. The molecule has 0 saturated carbocycles. The van der Waals surface area contributed by atoms with Gasteiger partial charge in [0, 0.05) is 12.1 Å². The van der Waals surface area contributed by atoms with Crippen molar-refractivity contribution in [3.05, 3.63) is 0 Å². The summed E-state index contributed by atoms with van der Waals surface area (Å²) in [6, 6.07) is -2.20. The van der Waals surface area contributed by atoms with Gasteiger partial charge in [-0.05, 0) is 59.9 Å². The number of hydrogen-bond donors (Lipinski definition) is 6. The van der Waals surface area contributed by atoms with Gasteiger partial charge in [-0.1, -0.05) is 0 Å². The first-order valence-electron chi connectivity index (χ1n) is 9.61. The normalized spacial score (nSPS) is 19.5. The molecule has 3 atom stereocenters. The van der Waals surface area contributed by atoms with Crippen LogP contribution < -0.4 is 21.7 Å². The van der Waals surface area contributed by atoms with Crippen LogP contribution in [0.25, 0.3) is 0 Å². The molecule has 2 amide bonds. The number of carbonyl (C=O) groups is 3. The van der Waals surface area contributed by atoms with Gasteiger partial charge in [-0.2, -0.15) is 0 Å². The van der Waals surface area contributed by atoms with E-state index in [4.69, 9.17) is 11.1 Å². The zero-order valence-corrected chi connectivity index (χ0v) is 17.2. The Kier molecular flexibility index (Phi) is 8.67. The number of hydrogen-bond acceptors (Lipinski definition) is 5. The number of nitrogens with zero attached hydrogens (tertiary/aromatic N) is 1. The summed E-state index contributed by atoms with van der Waals surface area (Å²) in [5.74, 6) is -2.10. The monoisotopic (exact) mass is 398 g/mol. The van der Waals surface area contributed by atoms with Crippen LogP contribution in [-0.2, 0) is 14.4 Å². The van der Waals surface area contributed by atoms with Gasteiger partial charge < -0.3 is 26.8 Å². The molecular formula is C18H34N6O4. The number of carboxylic acids is 1. The number of guanidine groups is 1. The van der Waals surface area contributed by atoms with Crippen LogP contribution in [0.4, 0.5) is 0 Å². The van der Waals surface area contributed by atoms with Crippen LogP contribution in [0.1, 0.15) is 53.4 Å². The van der Waals surface area contributed by atoms with Crippen LogP contribution in [0.15, 0.2) is 0 Å². The molecule has 1 aliphatic rings. The zero-order chi connectivity index (χ0) is 21.5. The maximum absolute atomic E-state index is 12.6. The van der Waals surface area contributed by atoms with Gasteiger partial charge in [0.25, 0.3) is 0 Å².